The van der Waals surface area contributed by atoms with Gasteiger partial charge in [0, 0.05) is 19.3 Å². The van der Waals surface area contributed by atoms with Crippen LogP contribution in [0.5, 0.6) is 0 Å². The minimum atomic E-state index is 0.295. The Morgan fingerprint density at radius 2 is 1.81 bits per heavy atom. The van der Waals surface area contributed by atoms with Crippen molar-refractivity contribution in [2.24, 2.45) is 57.7 Å². The maximum atomic E-state index is 12.4. The molecule has 0 heterocycles. The summed E-state index contributed by atoms with van der Waals surface area (Å²) in [6.07, 6.45) is 12.4. The number of rotatable bonds is 0. The van der Waals surface area contributed by atoms with Gasteiger partial charge in [-0.25, -0.2) is 0 Å². The van der Waals surface area contributed by atoms with Gasteiger partial charge in [0.05, 0.1) is 0 Å². The van der Waals surface area contributed by atoms with Crippen molar-refractivity contribution >= 4 is 11.6 Å². The average Bonchev–Trinajstić information content (AvgIpc) is 3.53. The molecule has 1 spiro atoms. The zero-order valence-electron chi connectivity index (χ0n) is 16.8. The third-order valence-electron chi connectivity index (χ3n) is 11.5. The first-order valence-electron chi connectivity index (χ1n) is 11.7. The Labute approximate surface area is 162 Å². The van der Waals surface area contributed by atoms with Crippen molar-refractivity contribution in [3.8, 4) is 0 Å². The maximum absolute atomic E-state index is 12.4. The highest BCUT2D eigenvalue weighted by molar-refractivity contribution is 5.92. The molecule has 7 aliphatic carbocycles. The van der Waals surface area contributed by atoms with E-state index in [1.807, 2.05) is 0 Å². The second kappa shape index (κ2) is 4.46. The van der Waals surface area contributed by atoms with Crippen molar-refractivity contribution in [3.05, 3.63) is 11.6 Å². The van der Waals surface area contributed by atoms with Crippen LogP contribution in [0.15, 0.2) is 11.6 Å². The van der Waals surface area contributed by atoms with Crippen LogP contribution in [-0.4, -0.2) is 11.6 Å². The number of carbonyl (C=O) groups excluding carboxylic acids is 2. The van der Waals surface area contributed by atoms with Gasteiger partial charge in [-0.3, -0.25) is 9.59 Å². The first-order valence-corrected chi connectivity index (χ1v) is 11.7. The fraction of sp³-hybridized carbons (Fsp3) is 0.840. The van der Waals surface area contributed by atoms with E-state index >= 15 is 0 Å². The summed E-state index contributed by atoms with van der Waals surface area (Å²) >= 11 is 0. The Hall–Kier alpha value is -0.920. The number of ketones is 2. The smallest absolute Gasteiger partial charge is 0.155 e. The van der Waals surface area contributed by atoms with E-state index < -0.39 is 0 Å². The summed E-state index contributed by atoms with van der Waals surface area (Å²) in [7, 11) is 0. The van der Waals surface area contributed by atoms with Gasteiger partial charge < -0.3 is 0 Å². The minimum Gasteiger partial charge on any atom is -0.300 e. The van der Waals surface area contributed by atoms with E-state index in [0.29, 0.717) is 27.8 Å². The molecule has 0 saturated heterocycles. The Bertz CT molecular complexity index is 824. The topological polar surface area (TPSA) is 34.1 Å². The summed E-state index contributed by atoms with van der Waals surface area (Å²) in [4.78, 5) is 24.5. The van der Waals surface area contributed by atoms with Crippen LogP contribution in [0, 0.1) is 57.7 Å². The molecule has 0 aromatic rings. The van der Waals surface area contributed by atoms with Gasteiger partial charge in [-0.05, 0) is 102 Å². The van der Waals surface area contributed by atoms with E-state index in [1.54, 1.807) is 5.57 Å². The molecule has 144 valence electrons. The summed E-state index contributed by atoms with van der Waals surface area (Å²) in [6, 6.07) is 0. The number of hydrogen-bond acceptors (Lipinski definition) is 2. The van der Waals surface area contributed by atoms with Crippen LogP contribution in [0.2, 0.25) is 0 Å². The zero-order valence-corrected chi connectivity index (χ0v) is 16.8. The van der Waals surface area contributed by atoms with Crippen molar-refractivity contribution in [3.63, 3.8) is 0 Å². The summed E-state index contributed by atoms with van der Waals surface area (Å²) in [5.41, 5.74) is 2.64. The highest BCUT2D eigenvalue weighted by Crippen LogP contribution is 2.84. The van der Waals surface area contributed by atoms with Crippen molar-refractivity contribution in [1.29, 1.82) is 0 Å². The van der Waals surface area contributed by atoms with Gasteiger partial charge in [0.1, 0.15) is 5.78 Å². The van der Waals surface area contributed by atoms with E-state index in [1.165, 1.54) is 32.1 Å². The monoisotopic (exact) mass is 364 g/mol. The number of allylic oxidation sites excluding steroid dienone is 1. The number of hydrogen-bond donors (Lipinski definition) is 0. The van der Waals surface area contributed by atoms with Crippen LogP contribution >= 0.6 is 0 Å². The lowest BCUT2D eigenvalue weighted by Gasteiger charge is -2.60. The summed E-state index contributed by atoms with van der Waals surface area (Å²) < 4.78 is 0. The van der Waals surface area contributed by atoms with E-state index in [-0.39, 0.29) is 0 Å². The first kappa shape index (κ1) is 15.9. The Morgan fingerprint density at radius 1 is 0.963 bits per heavy atom. The quantitative estimate of drug-likeness (QED) is 0.608. The fourth-order valence-electron chi connectivity index (χ4n) is 10.4. The van der Waals surface area contributed by atoms with E-state index in [4.69, 9.17) is 0 Å². The number of fused-ring (bicyclic) bond motifs is 12. The van der Waals surface area contributed by atoms with E-state index in [0.717, 1.165) is 67.1 Å². The highest BCUT2D eigenvalue weighted by Gasteiger charge is 2.79. The molecule has 0 aliphatic heterocycles. The molecule has 0 N–H and O–H groups in total. The molecule has 27 heavy (non-hydrogen) atoms. The van der Waals surface area contributed by atoms with E-state index in [2.05, 4.69) is 19.9 Å². The molecule has 2 heteroatoms. The molecule has 6 saturated carbocycles. The molecule has 7 rings (SSSR count). The largest absolute Gasteiger partial charge is 0.300 e. The molecule has 0 radical (unpaired) electrons. The highest BCUT2D eigenvalue weighted by atomic mass is 16.1. The molecule has 6 fully saturated rings. The van der Waals surface area contributed by atoms with Crippen LogP contribution in [-0.2, 0) is 9.59 Å². The summed E-state index contributed by atoms with van der Waals surface area (Å²) in [5.74, 6) is 6.88. The van der Waals surface area contributed by atoms with Crippen molar-refractivity contribution < 1.29 is 9.59 Å². The van der Waals surface area contributed by atoms with Gasteiger partial charge in [-0.2, -0.15) is 0 Å². The molecule has 0 aromatic heterocycles. The Balaban J connectivity index is 1.33. The third-order valence-corrected chi connectivity index (χ3v) is 11.5. The SMILES string of the molecule is C[C@]12CCC(=O)C=C1[C@@H]1C[C@@H]1C1C2CC[C@@]2(C)C1C1C[C@@H]1[C@@]21CCC(=O)C1. The van der Waals surface area contributed by atoms with Gasteiger partial charge in [-0.15, -0.1) is 0 Å². The second-order valence-corrected chi connectivity index (χ2v) is 12.0. The van der Waals surface area contributed by atoms with Crippen LogP contribution < -0.4 is 0 Å². The molecule has 2 nitrogen and oxygen atoms in total. The molecular formula is C25H32O2. The molecule has 0 amide bonds. The predicted octanol–water partition coefficient (Wildman–Crippen LogP) is 4.97. The number of Topliss-reactive ketones (excluding diaryl/α,β-unsaturated/α-hetero) is 1. The van der Waals surface area contributed by atoms with Gasteiger partial charge in [0.25, 0.3) is 0 Å². The van der Waals surface area contributed by atoms with Gasteiger partial charge in [-0.1, -0.05) is 19.4 Å². The van der Waals surface area contributed by atoms with Gasteiger partial charge >= 0.3 is 0 Å². The lowest BCUT2D eigenvalue weighted by Crippen LogP contribution is -2.54. The van der Waals surface area contributed by atoms with Crippen LogP contribution in [0.3, 0.4) is 0 Å². The van der Waals surface area contributed by atoms with Crippen molar-refractivity contribution in [2.45, 2.75) is 71.6 Å². The predicted molar refractivity (Wildman–Crippen MR) is 103 cm³/mol. The molecular weight excluding hydrogens is 332 g/mol. The summed E-state index contributed by atoms with van der Waals surface area (Å²) in [5, 5.41) is 0. The third kappa shape index (κ3) is 1.61. The van der Waals surface area contributed by atoms with Crippen LogP contribution in [0.4, 0.5) is 0 Å². The maximum Gasteiger partial charge on any atom is 0.155 e. The standard InChI is InChI=1S/C25H32O2/c1-23-6-3-13(26)9-19(23)15-10-16(15)21-18(23)5-7-24(2)22(21)17-11-20(17)25(24)8-4-14(27)12-25/h9,15-18,20-22H,3-8,10-12H2,1-2H3/t15-,16+,17?,18?,20+,21?,22?,23-,24+,25+/m1/s1. The molecule has 4 unspecified atom stereocenters. The Morgan fingerprint density at radius 3 is 2.59 bits per heavy atom. The fourth-order valence-corrected chi connectivity index (χ4v) is 10.4. The van der Waals surface area contributed by atoms with Crippen molar-refractivity contribution in [1.82, 2.24) is 0 Å². The molecule has 0 bridgehead atoms. The average molecular weight is 365 g/mol. The lowest BCUT2D eigenvalue weighted by atomic mass is 9.43. The summed E-state index contributed by atoms with van der Waals surface area (Å²) in [6.45, 7) is 5.14. The van der Waals surface area contributed by atoms with Crippen molar-refractivity contribution in [2.75, 3.05) is 0 Å². The van der Waals surface area contributed by atoms with E-state index in [9.17, 15) is 9.59 Å². The van der Waals surface area contributed by atoms with Crippen LogP contribution in [0.1, 0.15) is 71.6 Å². The normalized spacial score (nSPS) is 62.3. The number of carbonyl (C=O) groups is 2. The minimum absolute atomic E-state index is 0.295. The van der Waals surface area contributed by atoms with Crippen LogP contribution in [0.25, 0.3) is 0 Å². The first-order chi connectivity index (χ1) is 12.9. The lowest BCUT2D eigenvalue weighted by molar-refractivity contribution is -0.124. The zero-order chi connectivity index (χ0) is 18.3. The molecule has 0 aromatic carbocycles. The van der Waals surface area contributed by atoms with Gasteiger partial charge in [0.15, 0.2) is 5.78 Å². The molecule has 10 atom stereocenters. The molecule has 7 aliphatic rings. The van der Waals surface area contributed by atoms with Gasteiger partial charge in [0.2, 0.25) is 0 Å². The Kier molecular flexibility index (Phi) is 2.64. The second-order valence-electron chi connectivity index (χ2n) is 12.0.